The van der Waals surface area contributed by atoms with Crippen LogP contribution in [0.3, 0.4) is 0 Å². The van der Waals surface area contributed by atoms with Crippen LogP contribution in [0.25, 0.3) is 0 Å². The SMILES string of the molecule is O=C(O)C1CSCCN1C(=O)COc1ccccc1F. The predicted octanol–water partition coefficient (Wildman–Crippen LogP) is 1.23. The van der Waals surface area contributed by atoms with E-state index in [2.05, 4.69) is 0 Å². The largest absolute Gasteiger partial charge is 0.481 e. The van der Waals surface area contributed by atoms with Gasteiger partial charge in [0.2, 0.25) is 0 Å². The van der Waals surface area contributed by atoms with E-state index in [-0.39, 0.29) is 12.4 Å². The maximum Gasteiger partial charge on any atom is 0.327 e. The third-order valence-electron chi connectivity index (χ3n) is 2.92. The Morgan fingerprint density at radius 3 is 2.90 bits per heavy atom. The molecule has 2 rings (SSSR count). The van der Waals surface area contributed by atoms with Crippen LogP contribution < -0.4 is 4.74 Å². The summed E-state index contributed by atoms with van der Waals surface area (Å²) in [6.45, 7) is -0.00349. The van der Waals surface area contributed by atoms with Crippen LogP contribution in [0.5, 0.6) is 5.75 Å². The lowest BCUT2D eigenvalue weighted by atomic mass is 10.2. The van der Waals surface area contributed by atoms with Gasteiger partial charge in [-0.3, -0.25) is 4.79 Å². The molecule has 1 aromatic rings. The fourth-order valence-electron chi connectivity index (χ4n) is 1.89. The highest BCUT2D eigenvalue weighted by atomic mass is 32.2. The van der Waals surface area contributed by atoms with E-state index in [4.69, 9.17) is 9.84 Å². The molecule has 1 aliphatic rings. The summed E-state index contributed by atoms with van der Waals surface area (Å²) in [6, 6.07) is 4.93. The molecular weight excluding hydrogens is 285 g/mol. The number of thioether (sulfide) groups is 1. The number of para-hydroxylation sites is 1. The van der Waals surface area contributed by atoms with Crippen LogP contribution in [0.1, 0.15) is 0 Å². The lowest BCUT2D eigenvalue weighted by Gasteiger charge is -2.32. The summed E-state index contributed by atoms with van der Waals surface area (Å²) >= 11 is 1.49. The average Bonchev–Trinajstić information content (AvgIpc) is 2.46. The number of halogens is 1. The first-order valence-electron chi connectivity index (χ1n) is 6.07. The van der Waals surface area contributed by atoms with Gasteiger partial charge >= 0.3 is 5.97 Å². The lowest BCUT2D eigenvalue weighted by Crippen LogP contribution is -2.51. The zero-order chi connectivity index (χ0) is 14.5. The van der Waals surface area contributed by atoms with Crippen molar-refractivity contribution in [2.24, 2.45) is 0 Å². The molecule has 1 N–H and O–H groups in total. The van der Waals surface area contributed by atoms with E-state index in [0.717, 1.165) is 0 Å². The van der Waals surface area contributed by atoms with Crippen molar-refractivity contribution in [3.8, 4) is 5.75 Å². The maximum atomic E-state index is 13.3. The number of hydrogen-bond donors (Lipinski definition) is 1. The van der Waals surface area contributed by atoms with Crippen LogP contribution in [0.2, 0.25) is 0 Å². The van der Waals surface area contributed by atoms with Gasteiger partial charge in [0.15, 0.2) is 18.2 Å². The van der Waals surface area contributed by atoms with Gasteiger partial charge < -0.3 is 14.7 Å². The molecule has 0 bridgehead atoms. The smallest absolute Gasteiger partial charge is 0.327 e. The molecule has 0 saturated carbocycles. The van der Waals surface area contributed by atoms with Crippen molar-refractivity contribution in [3.05, 3.63) is 30.1 Å². The molecule has 0 spiro atoms. The standard InChI is InChI=1S/C13H14FNO4S/c14-9-3-1-2-4-11(9)19-7-12(16)15-5-6-20-8-10(15)13(17)18/h1-4,10H,5-8H2,(H,17,18). The molecule has 1 fully saturated rings. The van der Waals surface area contributed by atoms with E-state index < -0.39 is 23.7 Å². The molecule has 1 aliphatic heterocycles. The number of ether oxygens (including phenoxy) is 1. The van der Waals surface area contributed by atoms with Gasteiger partial charge in [-0.15, -0.1) is 0 Å². The molecule has 0 aliphatic carbocycles. The molecule has 1 aromatic carbocycles. The Bertz CT molecular complexity index is 511. The van der Waals surface area contributed by atoms with Crippen LogP contribution in [-0.4, -0.2) is 52.6 Å². The molecule has 108 valence electrons. The van der Waals surface area contributed by atoms with Gasteiger partial charge in [-0.25, -0.2) is 9.18 Å². The van der Waals surface area contributed by atoms with Crippen molar-refractivity contribution in [2.75, 3.05) is 24.7 Å². The van der Waals surface area contributed by atoms with Crippen molar-refractivity contribution in [1.82, 2.24) is 4.90 Å². The molecule has 1 unspecified atom stereocenters. The first-order valence-corrected chi connectivity index (χ1v) is 7.22. The average molecular weight is 299 g/mol. The van der Waals surface area contributed by atoms with Gasteiger partial charge in [0.05, 0.1) is 0 Å². The summed E-state index contributed by atoms with van der Waals surface area (Å²) in [5.41, 5.74) is 0. The highest BCUT2D eigenvalue weighted by Gasteiger charge is 2.32. The Labute approximate surface area is 119 Å². The maximum absolute atomic E-state index is 13.3. The summed E-state index contributed by atoms with van der Waals surface area (Å²) in [6.07, 6.45) is 0. The number of hydrogen-bond acceptors (Lipinski definition) is 4. The number of aliphatic carboxylic acids is 1. The van der Waals surface area contributed by atoms with E-state index in [1.54, 1.807) is 6.07 Å². The van der Waals surface area contributed by atoms with Crippen molar-refractivity contribution < 1.29 is 23.8 Å². The Morgan fingerprint density at radius 2 is 2.20 bits per heavy atom. The Kier molecular flexibility index (Phi) is 4.84. The first-order chi connectivity index (χ1) is 9.59. The third-order valence-corrected chi connectivity index (χ3v) is 3.94. The number of amides is 1. The normalized spacial score (nSPS) is 18.6. The summed E-state index contributed by atoms with van der Waals surface area (Å²) in [5.74, 6) is -0.989. The van der Waals surface area contributed by atoms with Crippen molar-refractivity contribution in [1.29, 1.82) is 0 Å². The molecule has 7 heteroatoms. The monoisotopic (exact) mass is 299 g/mol. The number of carboxylic acids is 1. The molecule has 20 heavy (non-hydrogen) atoms. The highest BCUT2D eigenvalue weighted by Crippen LogP contribution is 2.18. The van der Waals surface area contributed by atoms with E-state index in [1.807, 2.05) is 0 Å². The zero-order valence-corrected chi connectivity index (χ0v) is 11.4. The zero-order valence-electron chi connectivity index (χ0n) is 10.6. The molecular formula is C13H14FNO4S. The van der Waals surface area contributed by atoms with Gasteiger partial charge in [0.1, 0.15) is 6.04 Å². The molecule has 1 heterocycles. The summed E-state index contributed by atoms with van der Waals surface area (Å²) in [4.78, 5) is 24.4. The second-order valence-electron chi connectivity index (χ2n) is 4.24. The highest BCUT2D eigenvalue weighted by molar-refractivity contribution is 7.99. The summed E-state index contributed by atoms with van der Waals surface area (Å²) < 4.78 is 18.5. The van der Waals surface area contributed by atoms with Crippen LogP contribution in [0.4, 0.5) is 4.39 Å². The predicted molar refractivity (Wildman–Crippen MR) is 72.4 cm³/mol. The molecule has 0 radical (unpaired) electrons. The van der Waals surface area contributed by atoms with Crippen molar-refractivity contribution in [3.63, 3.8) is 0 Å². The summed E-state index contributed by atoms with van der Waals surface area (Å²) in [5, 5.41) is 9.08. The van der Waals surface area contributed by atoms with E-state index in [1.165, 1.54) is 34.9 Å². The van der Waals surface area contributed by atoms with Gasteiger partial charge in [-0.2, -0.15) is 11.8 Å². The van der Waals surface area contributed by atoms with E-state index in [0.29, 0.717) is 18.1 Å². The van der Waals surface area contributed by atoms with E-state index >= 15 is 0 Å². The minimum atomic E-state index is -1.03. The second kappa shape index (κ2) is 6.60. The minimum absolute atomic E-state index is 0.0147. The van der Waals surface area contributed by atoms with Crippen molar-refractivity contribution >= 4 is 23.6 Å². The van der Waals surface area contributed by atoms with Gasteiger partial charge in [-0.05, 0) is 12.1 Å². The Hall–Kier alpha value is -1.76. The number of rotatable bonds is 4. The molecule has 0 aromatic heterocycles. The number of benzene rings is 1. The van der Waals surface area contributed by atoms with E-state index in [9.17, 15) is 14.0 Å². The first kappa shape index (κ1) is 14.6. The van der Waals surface area contributed by atoms with Crippen LogP contribution in [0.15, 0.2) is 24.3 Å². The third kappa shape index (κ3) is 3.41. The summed E-state index contributed by atoms with van der Waals surface area (Å²) in [7, 11) is 0. The van der Waals surface area contributed by atoms with Crippen LogP contribution in [0, 0.1) is 5.82 Å². The van der Waals surface area contributed by atoms with Gasteiger partial charge in [-0.1, -0.05) is 12.1 Å². The molecule has 5 nitrogen and oxygen atoms in total. The van der Waals surface area contributed by atoms with Crippen LogP contribution >= 0.6 is 11.8 Å². The van der Waals surface area contributed by atoms with Gasteiger partial charge in [0.25, 0.3) is 5.91 Å². The second-order valence-corrected chi connectivity index (χ2v) is 5.39. The Balaban J connectivity index is 1.97. The fourth-order valence-corrected chi connectivity index (χ4v) is 2.93. The van der Waals surface area contributed by atoms with Crippen molar-refractivity contribution in [2.45, 2.75) is 6.04 Å². The quantitative estimate of drug-likeness (QED) is 0.906. The number of carbonyl (C=O) groups excluding carboxylic acids is 1. The van der Waals surface area contributed by atoms with Crippen LogP contribution in [-0.2, 0) is 9.59 Å². The van der Waals surface area contributed by atoms with Gasteiger partial charge in [0, 0.05) is 18.1 Å². The molecule has 1 saturated heterocycles. The minimum Gasteiger partial charge on any atom is -0.481 e. The molecule has 1 amide bonds. The Morgan fingerprint density at radius 1 is 1.45 bits per heavy atom. The lowest BCUT2D eigenvalue weighted by molar-refractivity contribution is -0.150. The molecule has 1 atom stereocenters. The number of nitrogens with zero attached hydrogens (tertiary/aromatic N) is 1. The number of carbonyl (C=O) groups is 2. The topological polar surface area (TPSA) is 66.8 Å². The number of carboxylic acid groups (broad SMARTS) is 1. The fraction of sp³-hybridized carbons (Fsp3) is 0.385.